The topological polar surface area (TPSA) is 80.8 Å². The molecule has 2 aliphatic carbocycles. The largest absolute Gasteiger partial charge is 0.469 e. The van der Waals surface area contributed by atoms with Crippen molar-refractivity contribution in [3.63, 3.8) is 0 Å². The van der Waals surface area contributed by atoms with Crippen molar-refractivity contribution in [1.29, 1.82) is 0 Å². The van der Waals surface area contributed by atoms with E-state index in [2.05, 4.69) is 28.7 Å². The molecular weight excluding hydrogens is 613 g/mol. The van der Waals surface area contributed by atoms with Gasteiger partial charge in [0, 0.05) is 21.1 Å². The minimum Gasteiger partial charge on any atom is -0.469 e. The molecule has 2 aromatic carbocycles. The van der Waals surface area contributed by atoms with Gasteiger partial charge in [0.2, 0.25) is 5.91 Å². The van der Waals surface area contributed by atoms with Crippen LogP contribution in [0.25, 0.3) is 0 Å². The smallest absolute Gasteiger partial charge is 0.308 e. The lowest BCUT2D eigenvalue weighted by Crippen LogP contribution is -2.53. The van der Waals surface area contributed by atoms with Crippen LogP contribution in [0.1, 0.15) is 49.7 Å². The third-order valence-corrected chi connectivity index (χ3v) is 11.8. The first-order valence-corrected chi connectivity index (χ1v) is 15.3. The number of halogens is 2. The number of benzene rings is 2. The summed E-state index contributed by atoms with van der Waals surface area (Å²) in [5, 5.41) is 0.479. The second-order valence-corrected chi connectivity index (χ2v) is 13.9. The lowest BCUT2D eigenvalue weighted by atomic mass is 9.78. The molecule has 1 amide bonds. The Kier molecular flexibility index (Phi) is 7.15. The van der Waals surface area contributed by atoms with Gasteiger partial charge in [-0.25, -0.2) is 8.42 Å². The Morgan fingerprint density at radius 1 is 1.03 bits per heavy atom. The summed E-state index contributed by atoms with van der Waals surface area (Å²) >= 11 is 8.33. The van der Waals surface area contributed by atoms with Crippen molar-refractivity contribution in [2.24, 2.45) is 11.8 Å². The summed E-state index contributed by atoms with van der Waals surface area (Å²) in [6.45, 7) is 0.401. The van der Waals surface area contributed by atoms with E-state index in [1.54, 1.807) is 24.3 Å². The molecule has 5 rings (SSSR count). The van der Waals surface area contributed by atoms with Gasteiger partial charge in [-0.3, -0.25) is 9.59 Å². The zero-order valence-electron chi connectivity index (χ0n) is 20.1. The van der Waals surface area contributed by atoms with Crippen LogP contribution in [-0.2, 0) is 35.3 Å². The van der Waals surface area contributed by atoms with Gasteiger partial charge in [-0.15, -0.1) is 0 Å². The minimum absolute atomic E-state index is 0.0189. The van der Waals surface area contributed by atoms with E-state index in [-0.39, 0.29) is 28.6 Å². The fourth-order valence-corrected chi connectivity index (χ4v) is 9.61. The number of ether oxygens (including phenoxy) is 1. The molecule has 0 spiro atoms. The van der Waals surface area contributed by atoms with Crippen LogP contribution in [-0.4, -0.2) is 44.9 Å². The van der Waals surface area contributed by atoms with Crippen LogP contribution in [0.15, 0.2) is 47.4 Å². The van der Waals surface area contributed by atoms with Crippen molar-refractivity contribution < 1.29 is 22.7 Å². The van der Waals surface area contributed by atoms with Crippen LogP contribution in [0.4, 0.5) is 0 Å². The zero-order valence-corrected chi connectivity index (χ0v) is 23.8. The predicted molar refractivity (Wildman–Crippen MR) is 145 cm³/mol. The van der Waals surface area contributed by atoms with E-state index in [1.165, 1.54) is 7.11 Å². The van der Waals surface area contributed by atoms with Crippen molar-refractivity contribution >= 4 is 55.9 Å². The van der Waals surface area contributed by atoms with Crippen LogP contribution in [0.2, 0.25) is 5.02 Å². The standard InChI is InChI=1S/C27H29ClINO5S/c1-35-26(32)18-4-2-17(3-5-18)25(31)30-15-14-27(36(33,34)22-10-7-20(28)8-11-22)23-12-9-21(29)16-19(23)6-13-24(27)30/h7-12,16-18,24H,2-6,13-15H2,1H3. The number of rotatable bonds is 4. The van der Waals surface area contributed by atoms with E-state index in [0.717, 1.165) is 21.1 Å². The van der Waals surface area contributed by atoms with Crippen molar-refractivity contribution in [2.45, 2.75) is 60.6 Å². The summed E-state index contributed by atoms with van der Waals surface area (Å²) in [7, 11) is -2.44. The Bertz CT molecular complexity index is 1290. The van der Waals surface area contributed by atoms with Gasteiger partial charge in [-0.05, 0) is 115 Å². The number of likely N-dealkylation sites (tertiary alicyclic amines) is 1. The Balaban J connectivity index is 1.52. The van der Waals surface area contributed by atoms with Crippen LogP contribution < -0.4 is 0 Å². The van der Waals surface area contributed by atoms with Crippen LogP contribution >= 0.6 is 34.2 Å². The molecule has 2 unspecified atom stereocenters. The Morgan fingerprint density at radius 2 is 1.69 bits per heavy atom. The number of nitrogens with zero attached hydrogens (tertiary/aromatic N) is 1. The number of esters is 1. The molecule has 0 aromatic heterocycles. The summed E-state index contributed by atoms with van der Waals surface area (Å²) < 4.78 is 33.6. The van der Waals surface area contributed by atoms with Crippen molar-refractivity contribution in [1.82, 2.24) is 4.90 Å². The first kappa shape index (κ1) is 26.0. The molecule has 9 heteroatoms. The van der Waals surface area contributed by atoms with Gasteiger partial charge < -0.3 is 9.64 Å². The van der Waals surface area contributed by atoms with Gasteiger partial charge in [0.05, 0.1) is 24.0 Å². The number of aryl methyl sites for hydroxylation is 1. The lowest BCUT2D eigenvalue weighted by molar-refractivity contribution is -0.149. The first-order valence-electron chi connectivity index (χ1n) is 12.4. The molecule has 192 valence electrons. The Hall–Kier alpha value is -1.65. The van der Waals surface area contributed by atoms with Gasteiger partial charge in [-0.2, -0.15) is 0 Å². The average molecular weight is 642 g/mol. The molecule has 36 heavy (non-hydrogen) atoms. The number of sulfone groups is 1. The van der Waals surface area contributed by atoms with E-state index >= 15 is 0 Å². The van der Waals surface area contributed by atoms with Gasteiger partial charge in [0.25, 0.3) is 0 Å². The van der Waals surface area contributed by atoms with Crippen molar-refractivity contribution in [2.75, 3.05) is 13.7 Å². The number of hydrogen-bond acceptors (Lipinski definition) is 5. The van der Waals surface area contributed by atoms with Crippen LogP contribution in [0.3, 0.4) is 0 Å². The second kappa shape index (κ2) is 9.91. The van der Waals surface area contributed by atoms with E-state index in [1.807, 2.05) is 17.0 Å². The molecule has 2 atom stereocenters. The normalized spacial score (nSPS) is 27.8. The molecule has 1 saturated heterocycles. The summed E-state index contributed by atoms with van der Waals surface area (Å²) in [5.74, 6) is -0.553. The number of methoxy groups -OCH3 is 1. The highest BCUT2D eigenvalue weighted by molar-refractivity contribution is 14.1. The quantitative estimate of drug-likeness (QED) is 0.341. The highest BCUT2D eigenvalue weighted by atomic mass is 127. The second-order valence-electron chi connectivity index (χ2n) is 10.1. The Morgan fingerprint density at radius 3 is 2.36 bits per heavy atom. The molecule has 1 heterocycles. The molecule has 3 aliphatic rings. The van der Waals surface area contributed by atoms with Crippen LogP contribution in [0.5, 0.6) is 0 Å². The monoisotopic (exact) mass is 641 g/mol. The first-order chi connectivity index (χ1) is 17.2. The predicted octanol–water partition coefficient (Wildman–Crippen LogP) is 5.14. The number of fused-ring (bicyclic) bond motifs is 3. The summed E-state index contributed by atoms with van der Waals surface area (Å²) in [6, 6.07) is 11.9. The zero-order chi connectivity index (χ0) is 25.7. The fourth-order valence-electron chi connectivity index (χ4n) is 6.56. The van der Waals surface area contributed by atoms with Crippen LogP contribution in [0, 0.1) is 15.4 Å². The van der Waals surface area contributed by atoms with E-state index in [4.69, 9.17) is 16.3 Å². The van der Waals surface area contributed by atoms with Gasteiger partial charge in [-0.1, -0.05) is 17.7 Å². The van der Waals surface area contributed by atoms with Gasteiger partial charge in [0.15, 0.2) is 9.84 Å². The Labute approximate surface area is 230 Å². The maximum atomic E-state index is 14.4. The highest BCUT2D eigenvalue weighted by Gasteiger charge is 2.61. The number of carbonyl (C=O) groups is 2. The molecule has 2 aromatic rings. The molecule has 1 aliphatic heterocycles. The number of hydrogen-bond donors (Lipinski definition) is 0. The molecule has 0 N–H and O–H groups in total. The lowest BCUT2D eigenvalue weighted by Gasteiger charge is -2.43. The van der Waals surface area contributed by atoms with E-state index in [9.17, 15) is 18.0 Å². The maximum Gasteiger partial charge on any atom is 0.308 e. The summed E-state index contributed by atoms with van der Waals surface area (Å²) in [5.41, 5.74) is 1.86. The van der Waals surface area contributed by atoms with E-state index in [0.29, 0.717) is 50.1 Å². The molecule has 6 nitrogen and oxygen atoms in total. The average Bonchev–Trinajstić information content (AvgIpc) is 3.29. The van der Waals surface area contributed by atoms with Gasteiger partial charge in [0.1, 0.15) is 4.75 Å². The highest BCUT2D eigenvalue weighted by Crippen LogP contribution is 2.53. The molecule has 0 radical (unpaired) electrons. The molecule has 2 fully saturated rings. The van der Waals surface area contributed by atoms with E-state index < -0.39 is 20.6 Å². The molecule has 0 bridgehead atoms. The maximum absolute atomic E-state index is 14.4. The van der Waals surface area contributed by atoms with Gasteiger partial charge >= 0.3 is 5.97 Å². The SMILES string of the molecule is COC(=O)C1CCC(C(=O)N2CCC3(S(=O)(=O)c4ccc(Cl)cc4)c4ccc(I)cc4CCC23)CC1. The number of carbonyl (C=O) groups excluding carboxylic acids is 2. The number of amides is 1. The van der Waals surface area contributed by atoms with Crippen molar-refractivity contribution in [3.8, 4) is 0 Å². The summed E-state index contributed by atoms with van der Waals surface area (Å²) in [6.07, 6.45) is 4.17. The molecular formula is C27H29ClINO5S. The fraction of sp³-hybridized carbons (Fsp3) is 0.481. The molecule has 1 saturated carbocycles. The third kappa shape index (κ3) is 4.17. The summed E-state index contributed by atoms with van der Waals surface area (Å²) in [4.78, 5) is 27.8. The minimum atomic E-state index is -3.84. The third-order valence-electron chi connectivity index (χ3n) is 8.35. The van der Waals surface area contributed by atoms with Crippen molar-refractivity contribution in [3.05, 3.63) is 62.2 Å².